The van der Waals surface area contributed by atoms with Crippen LogP contribution in [0.25, 0.3) is 0 Å². The Morgan fingerprint density at radius 3 is 2.89 bits per heavy atom. The Kier molecular flexibility index (Phi) is 3.84. The van der Waals surface area contributed by atoms with E-state index in [1.165, 1.54) is 7.11 Å². The van der Waals surface area contributed by atoms with Crippen LogP contribution in [0.5, 0.6) is 5.75 Å². The number of esters is 1. The van der Waals surface area contributed by atoms with E-state index in [1.54, 1.807) is 19.2 Å². The van der Waals surface area contributed by atoms with Crippen LogP contribution in [-0.4, -0.2) is 20.2 Å². The molecule has 0 N–H and O–H groups in total. The van der Waals surface area contributed by atoms with Crippen molar-refractivity contribution in [2.75, 3.05) is 14.2 Å². The maximum absolute atomic E-state index is 14.3. The van der Waals surface area contributed by atoms with Crippen LogP contribution in [0, 0.1) is 5.92 Å². The zero-order valence-corrected chi connectivity index (χ0v) is 10.6. The standard InChI is InChI=1S/C14H17FO3/c1-17-11-5-6-12-9(7-11)3-4-10(14(12)15)8-13(16)18-2/h5-7,10,14H,3-4,8H2,1-2H3. The highest BCUT2D eigenvalue weighted by Crippen LogP contribution is 2.40. The molecular formula is C14H17FO3. The fraction of sp³-hybridized carbons (Fsp3) is 0.500. The maximum Gasteiger partial charge on any atom is 0.305 e. The summed E-state index contributed by atoms with van der Waals surface area (Å²) in [7, 11) is 2.93. The van der Waals surface area contributed by atoms with Crippen LogP contribution >= 0.6 is 0 Å². The van der Waals surface area contributed by atoms with Gasteiger partial charge in [-0.1, -0.05) is 6.07 Å². The second-order valence-corrected chi connectivity index (χ2v) is 4.55. The van der Waals surface area contributed by atoms with E-state index in [9.17, 15) is 9.18 Å². The number of rotatable bonds is 3. The molecule has 2 atom stereocenters. The Morgan fingerprint density at radius 1 is 1.44 bits per heavy atom. The van der Waals surface area contributed by atoms with Crippen LogP contribution in [-0.2, 0) is 16.0 Å². The minimum absolute atomic E-state index is 0.142. The summed E-state index contributed by atoms with van der Waals surface area (Å²) in [5, 5.41) is 0. The van der Waals surface area contributed by atoms with E-state index < -0.39 is 6.17 Å². The van der Waals surface area contributed by atoms with Gasteiger partial charge in [0.1, 0.15) is 11.9 Å². The minimum atomic E-state index is -1.10. The van der Waals surface area contributed by atoms with Gasteiger partial charge in [0, 0.05) is 5.92 Å². The van der Waals surface area contributed by atoms with Gasteiger partial charge in [-0.3, -0.25) is 4.79 Å². The Balaban J connectivity index is 2.18. The number of carbonyl (C=O) groups excluding carboxylic acids is 1. The number of carbonyl (C=O) groups is 1. The molecule has 18 heavy (non-hydrogen) atoms. The van der Waals surface area contributed by atoms with Gasteiger partial charge in [-0.2, -0.15) is 0 Å². The fourth-order valence-electron chi connectivity index (χ4n) is 2.44. The first-order valence-electron chi connectivity index (χ1n) is 6.03. The molecule has 0 spiro atoms. The molecule has 1 aromatic carbocycles. The molecule has 0 aromatic heterocycles. The summed E-state index contributed by atoms with van der Waals surface area (Å²) in [6, 6.07) is 5.38. The van der Waals surface area contributed by atoms with Gasteiger partial charge in [0.2, 0.25) is 0 Å². The zero-order valence-electron chi connectivity index (χ0n) is 10.6. The number of ether oxygens (including phenoxy) is 2. The van der Waals surface area contributed by atoms with Gasteiger partial charge >= 0.3 is 5.97 Å². The number of hydrogen-bond donors (Lipinski definition) is 0. The van der Waals surface area contributed by atoms with Crippen LogP contribution in [0.2, 0.25) is 0 Å². The molecule has 98 valence electrons. The van der Waals surface area contributed by atoms with Gasteiger partial charge in [0.05, 0.1) is 20.6 Å². The molecule has 1 aromatic rings. The largest absolute Gasteiger partial charge is 0.497 e. The van der Waals surface area contributed by atoms with Gasteiger partial charge in [-0.05, 0) is 36.1 Å². The van der Waals surface area contributed by atoms with Crippen molar-refractivity contribution < 1.29 is 18.7 Å². The van der Waals surface area contributed by atoms with Gasteiger partial charge < -0.3 is 9.47 Å². The van der Waals surface area contributed by atoms with E-state index in [0.717, 1.165) is 17.7 Å². The lowest BCUT2D eigenvalue weighted by Gasteiger charge is -2.28. The van der Waals surface area contributed by atoms with E-state index in [1.807, 2.05) is 6.07 Å². The summed E-state index contributed by atoms with van der Waals surface area (Å²) in [6.07, 6.45) is 0.479. The summed E-state index contributed by atoms with van der Waals surface area (Å²) in [5.41, 5.74) is 1.65. The molecule has 1 aliphatic carbocycles. The first-order chi connectivity index (χ1) is 8.65. The summed E-state index contributed by atoms with van der Waals surface area (Å²) in [5.74, 6) is 0.116. The monoisotopic (exact) mass is 252 g/mol. The molecule has 0 amide bonds. The Morgan fingerprint density at radius 2 is 2.22 bits per heavy atom. The smallest absolute Gasteiger partial charge is 0.305 e. The number of fused-ring (bicyclic) bond motifs is 1. The van der Waals surface area contributed by atoms with Gasteiger partial charge in [-0.25, -0.2) is 4.39 Å². The van der Waals surface area contributed by atoms with Crippen LogP contribution in [0.15, 0.2) is 18.2 Å². The molecular weight excluding hydrogens is 235 g/mol. The second kappa shape index (κ2) is 5.38. The van der Waals surface area contributed by atoms with Gasteiger partial charge in [-0.15, -0.1) is 0 Å². The predicted octanol–water partition coefficient (Wildman–Crippen LogP) is 2.83. The molecule has 3 nitrogen and oxygen atoms in total. The molecule has 2 rings (SSSR count). The number of benzene rings is 1. The molecule has 0 heterocycles. The molecule has 0 saturated carbocycles. The normalized spacial score (nSPS) is 22.2. The van der Waals surface area contributed by atoms with Crippen LogP contribution < -0.4 is 4.74 Å². The number of hydrogen-bond acceptors (Lipinski definition) is 3. The number of alkyl halides is 1. The SMILES string of the molecule is COC(=O)CC1CCc2cc(OC)ccc2C1F. The summed E-state index contributed by atoms with van der Waals surface area (Å²) >= 11 is 0. The van der Waals surface area contributed by atoms with Crippen molar-refractivity contribution in [1.29, 1.82) is 0 Å². The second-order valence-electron chi connectivity index (χ2n) is 4.55. The average Bonchev–Trinajstić information content (AvgIpc) is 2.41. The van der Waals surface area contributed by atoms with E-state index in [4.69, 9.17) is 4.74 Å². The lowest BCUT2D eigenvalue weighted by molar-refractivity contribution is -0.142. The van der Waals surface area contributed by atoms with Crippen molar-refractivity contribution in [3.63, 3.8) is 0 Å². The van der Waals surface area contributed by atoms with Crippen LogP contribution in [0.3, 0.4) is 0 Å². The maximum atomic E-state index is 14.3. The topological polar surface area (TPSA) is 35.5 Å². The van der Waals surface area contributed by atoms with Crippen molar-refractivity contribution in [3.8, 4) is 5.75 Å². The van der Waals surface area contributed by atoms with E-state index in [2.05, 4.69) is 4.74 Å². The highest BCUT2D eigenvalue weighted by Gasteiger charge is 2.31. The van der Waals surface area contributed by atoms with Crippen molar-refractivity contribution >= 4 is 5.97 Å². The summed E-state index contributed by atoms with van der Waals surface area (Å²) < 4.78 is 24.1. The third-order valence-corrected chi connectivity index (χ3v) is 3.50. The quantitative estimate of drug-likeness (QED) is 0.776. The van der Waals surface area contributed by atoms with E-state index in [-0.39, 0.29) is 18.3 Å². The summed E-state index contributed by atoms with van der Waals surface area (Å²) in [4.78, 5) is 11.2. The molecule has 2 unspecified atom stereocenters. The third kappa shape index (κ3) is 2.47. The molecule has 0 fully saturated rings. The zero-order chi connectivity index (χ0) is 13.1. The van der Waals surface area contributed by atoms with Crippen LogP contribution in [0.4, 0.5) is 4.39 Å². The first kappa shape index (κ1) is 12.9. The number of aryl methyl sites for hydroxylation is 1. The lowest BCUT2D eigenvalue weighted by Crippen LogP contribution is -2.21. The van der Waals surface area contributed by atoms with Crippen molar-refractivity contribution in [1.82, 2.24) is 0 Å². The van der Waals surface area contributed by atoms with Crippen molar-refractivity contribution in [2.24, 2.45) is 5.92 Å². The minimum Gasteiger partial charge on any atom is -0.497 e. The first-order valence-corrected chi connectivity index (χ1v) is 6.03. The molecule has 0 bridgehead atoms. The van der Waals surface area contributed by atoms with Crippen LogP contribution in [0.1, 0.15) is 30.1 Å². The highest BCUT2D eigenvalue weighted by molar-refractivity contribution is 5.69. The highest BCUT2D eigenvalue weighted by atomic mass is 19.1. The Labute approximate surface area is 106 Å². The Hall–Kier alpha value is -1.58. The molecule has 4 heteroatoms. The van der Waals surface area contributed by atoms with Crippen molar-refractivity contribution in [2.45, 2.75) is 25.4 Å². The molecule has 0 saturated heterocycles. The fourth-order valence-corrected chi connectivity index (χ4v) is 2.44. The average molecular weight is 252 g/mol. The molecule has 0 aliphatic heterocycles. The molecule has 1 aliphatic rings. The summed E-state index contributed by atoms with van der Waals surface area (Å²) in [6.45, 7) is 0. The Bertz CT molecular complexity index is 445. The van der Waals surface area contributed by atoms with Crippen molar-refractivity contribution in [3.05, 3.63) is 29.3 Å². The van der Waals surface area contributed by atoms with Gasteiger partial charge in [0.25, 0.3) is 0 Å². The lowest BCUT2D eigenvalue weighted by atomic mass is 9.80. The van der Waals surface area contributed by atoms with Gasteiger partial charge in [0.15, 0.2) is 0 Å². The van der Waals surface area contributed by atoms with E-state index in [0.29, 0.717) is 12.0 Å². The predicted molar refractivity (Wildman–Crippen MR) is 65.3 cm³/mol. The third-order valence-electron chi connectivity index (χ3n) is 3.50. The van der Waals surface area contributed by atoms with E-state index >= 15 is 0 Å². The molecule has 0 radical (unpaired) electrons. The number of methoxy groups -OCH3 is 2. The number of halogens is 1.